The van der Waals surface area contributed by atoms with E-state index < -0.39 is 17.9 Å². The molecule has 0 aliphatic heterocycles. The fourth-order valence-corrected chi connectivity index (χ4v) is 5.02. The summed E-state index contributed by atoms with van der Waals surface area (Å²) in [5.74, 6) is 11.7. The van der Waals surface area contributed by atoms with Crippen molar-refractivity contribution in [3.05, 3.63) is 65.2 Å². The predicted molar refractivity (Wildman–Crippen MR) is 143 cm³/mol. The van der Waals surface area contributed by atoms with Crippen molar-refractivity contribution in [3.8, 4) is 23.7 Å². The minimum atomic E-state index is -1.04. The fourth-order valence-electron chi connectivity index (χ4n) is 5.02. The van der Waals surface area contributed by atoms with E-state index in [0.29, 0.717) is 23.7 Å². The molecule has 0 heterocycles. The Kier molecular flexibility index (Phi) is 9.12. The van der Waals surface area contributed by atoms with Crippen molar-refractivity contribution in [2.75, 3.05) is 18.4 Å². The highest BCUT2D eigenvalue weighted by atomic mass is 16.5. The van der Waals surface area contributed by atoms with Gasteiger partial charge in [-0.15, -0.1) is 0 Å². The molecule has 0 unspecified atom stereocenters. The quantitative estimate of drug-likeness (QED) is 0.179. The lowest BCUT2D eigenvalue weighted by molar-refractivity contribution is -0.130. The summed E-state index contributed by atoms with van der Waals surface area (Å²) in [6, 6.07) is 13.2. The van der Waals surface area contributed by atoms with Gasteiger partial charge in [-0.05, 0) is 91.5 Å². The van der Waals surface area contributed by atoms with Gasteiger partial charge in [0.15, 0.2) is 0 Å². The normalized spacial score (nSPS) is 19.8. The summed E-state index contributed by atoms with van der Waals surface area (Å²) < 4.78 is 0. The molecular formula is C29H31N5O4. The zero-order chi connectivity index (χ0) is 26.9. The number of benzene rings is 2. The van der Waals surface area contributed by atoms with E-state index in [-0.39, 0.29) is 12.5 Å². The number of nitrogens with two attached hydrogens (primary N) is 1. The Hall–Kier alpha value is -4.15. The summed E-state index contributed by atoms with van der Waals surface area (Å²) in [5, 5.41) is 17.5. The first-order valence-corrected chi connectivity index (χ1v) is 12.7. The number of anilines is 1. The molecule has 0 aromatic heterocycles. The first-order chi connectivity index (χ1) is 18.4. The number of hydrogen-bond acceptors (Lipinski definition) is 6. The van der Waals surface area contributed by atoms with Gasteiger partial charge in [0, 0.05) is 35.0 Å². The standard InChI is InChI=1S/C29H31N5O4/c30-17-26(29(37)34-38)33-28(36)22-10-5-19(6-11-22)3-1-2-4-20-8-13-24(14-9-20)32-27(35)18-31-25-16-21-7-12-23(25)15-21/h5-6,8-11,13-14,21,23,25-26,31,38H,7,12,15-18,30H2,(H,32,35)(H,33,36)(H,34,37)/t21-,23-,25-,26+/m1/s1. The summed E-state index contributed by atoms with van der Waals surface area (Å²) in [7, 11) is 0. The van der Waals surface area contributed by atoms with E-state index in [1.54, 1.807) is 24.3 Å². The molecule has 0 radical (unpaired) electrons. The molecule has 2 aromatic rings. The molecule has 4 atom stereocenters. The summed E-state index contributed by atoms with van der Waals surface area (Å²) >= 11 is 0. The Morgan fingerprint density at radius 2 is 1.61 bits per heavy atom. The lowest BCUT2D eigenvalue weighted by atomic mass is 9.95. The van der Waals surface area contributed by atoms with Gasteiger partial charge in [-0.25, -0.2) is 5.48 Å². The summed E-state index contributed by atoms with van der Waals surface area (Å²) in [6.45, 7) is 0.169. The molecular weight excluding hydrogens is 482 g/mol. The minimum Gasteiger partial charge on any atom is -0.339 e. The average molecular weight is 514 g/mol. The fraction of sp³-hybridized carbons (Fsp3) is 0.345. The van der Waals surface area contributed by atoms with Gasteiger partial charge in [-0.3, -0.25) is 19.6 Å². The summed E-state index contributed by atoms with van der Waals surface area (Å²) in [5.41, 5.74) is 9.38. The molecule has 2 saturated carbocycles. The van der Waals surface area contributed by atoms with E-state index in [1.165, 1.54) is 31.2 Å². The van der Waals surface area contributed by atoms with Crippen LogP contribution in [0.1, 0.15) is 47.2 Å². The Morgan fingerprint density at radius 3 is 2.16 bits per heavy atom. The number of nitrogens with one attached hydrogen (secondary N) is 4. The van der Waals surface area contributed by atoms with E-state index in [2.05, 4.69) is 39.6 Å². The third kappa shape index (κ3) is 7.21. The van der Waals surface area contributed by atoms with Crippen LogP contribution in [0, 0.1) is 35.5 Å². The second-order valence-corrected chi connectivity index (χ2v) is 9.60. The molecule has 9 nitrogen and oxygen atoms in total. The van der Waals surface area contributed by atoms with Crippen LogP contribution >= 0.6 is 0 Å². The van der Waals surface area contributed by atoms with Gasteiger partial charge >= 0.3 is 0 Å². The van der Waals surface area contributed by atoms with Gasteiger partial charge < -0.3 is 21.7 Å². The van der Waals surface area contributed by atoms with Gasteiger partial charge in [-0.2, -0.15) is 0 Å². The van der Waals surface area contributed by atoms with Crippen molar-refractivity contribution in [3.63, 3.8) is 0 Å². The van der Waals surface area contributed by atoms with Gasteiger partial charge in [0.1, 0.15) is 6.04 Å². The Bertz CT molecular complexity index is 1280. The molecule has 196 valence electrons. The molecule has 4 rings (SSSR count). The van der Waals surface area contributed by atoms with Crippen LogP contribution in [0.15, 0.2) is 48.5 Å². The van der Waals surface area contributed by atoms with E-state index in [4.69, 9.17) is 10.9 Å². The van der Waals surface area contributed by atoms with Gasteiger partial charge in [0.2, 0.25) is 5.91 Å². The number of rotatable bonds is 8. The van der Waals surface area contributed by atoms with Gasteiger partial charge in [0.25, 0.3) is 11.8 Å². The second-order valence-electron chi connectivity index (χ2n) is 9.60. The number of hydroxylamine groups is 1. The zero-order valence-electron chi connectivity index (χ0n) is 20.9. The maximum absolute atomic E-state index is 12.3. The topological polar surface area (TPSA) is 146 Å². The molecule has 2 bridgehead atoms. The smallest absolute Gasteiger partial charge is 0.267 e. The average Bonchev–Trinajstić information content (AvgIpc) is 3.57. The molecule has 2 aromatic carbocycles. The van der Waals surface area contributed by atoms with Crippen molar-refractivity contribution in [2.24, 2.45) is 17.6 Å². The lowest BCUT2D eigenvalue weighted by Crippen LogP contribution is -2.50. The molecule has 3 amide bonds. The van der Waals surface area contributed by atoms with E-state index in [9.17, 15) is 14.4 Å². The SMILES string of the molecule is NC[C@H](NC(=O)c1ccc(C#CC#Cc2ccc(NC(=O)CN[C@@H]3C[C@@H]4CC[C@@H]3C4)cc2)cc1)C(=O)NO. The molecule has 9 heteroatoms. The molecule has 7 N–H and O–H groups in total. The van der Waals surface area contributed by atoms with E-state index in [0.717, 1.165) is 23.1 Å². The largest absolute Gasteiger partial charge is 0.339 e. The lowest BCUT2D eigenvalue weighted by Gasteiger charge is -2.22. The van der Waals surface area contributed by atoms with Crippen LogP contribution in [0.4, 0.5) is 5.69 Å². The first-order valence-electron chi connectivity index (χ1n) is 12.7. The predicted octanol–water partition coefficient (Wildman–Crippen LogP) is 1.37. The second kappa shape index (κ2) is 12.9. The Morgan fingerprint density at radius 1 is 0.947 bits per heavy atom. The summed E-state index contributed by atoms with van der Waals surface area (Å²) in [6.07, 6.45) is 5.13. The number of hydrogen-bond donors (Lipinski definition) is 6. The van der Waals surface area contributed by atoms with Crippen molar-refractivity contribution >= 4 is 23.4 Å². The highest BCUT2D eigenvalue weighted by Gasteiger charge is 2.39. The number of amides is 3. The number of fused-ring (bicyclic) bond motifs is 2. The number of carbonyl (C=O) groups excluding carboxylic acids is 3. The van der Waals surface area contributed by atoms with Crippen molar-refractivity contribution in [1.82, 2.24) is 16.1 Å². The van der Waals surface area contributed by atoms with Crippen LogP contribution < -0.4 is 27.2 Å². The molecule has 0 saturated heterocycles. The first kappa shape index (κ1) is 26.9. The third-order valence-electron chi connectivity index (χ3n) is 7.02. The van der Waals surface area contributed by atoms with Crippen LogP contribution in [-0.4, -0.2) is 48.1 Å². The van der Waals surface area contributed by atoms with Crippen molar-refractivity contribution in [2.45, 2.75) is 37.8 Å². The third-order valence-corrected chi connectivity index (χ3v) is 7.02. The van der Waals surface area contributed by atoms with E-state index >= 15 is 0 Å². The molecule has 2 aliphatic carbocycles. The van der Waals surface area contributed by atoms with Gasteiger partial charge in [0.05, 0.1) is 6.54 Å². The maximum atomic E-state index is 12.3. The molecule has 2 aliphatic rings. The van der Waals surface area contributed by atoms with Crippen LogP contribution in [0.25, 0.3) is 0 Å². The highest BCUT2D eigenvalue weighted by molar-refractivity contribution is 5.97. The molecule has 0 spiro atoms. The van der Waals surface area contributed by atoms with Crippen LogP contribution in [-0.2, 0) is 9.59 Å². The van der Waals surface area contributed by atoms with Crippen LogP contribution in [0.5, 0.6) is 0 Å². The maximum Gasteiger partial charge on any atom is 0.267 e. The van der Waals surface area contributed by atoms with Crippen LogP contribution in [0.3, 0.4) is 0 Å². The van der Waals surface area contributed by atoms with Crippen molar-refractivity contribution < 1.29 is 19.6 Å². The van der Waals surface area contributed by atoms with Crippen LogP contribution in [0.2, 0.25) is 0 Å². The summed E-state index contributed by atoms with van der Waals surface area (Å²) in [4.78, 5) is 36.0. The zero-order valence-corrected chi connectivity index (χ0v) is 20.9. The Balaban J connectivity index is 1.23. The molecule has 38 heavy (non-hydrogen) atoms. The number of carbonyl (C=O) groups is 3. The molecule has 2 fully saturated rings. The van der Waals surface area contributed by atoms with Gasteiger partial charge in [-0.1, -0.05) is 18.3 Å². The van der Waals surface area contributed by atoms with Crippen molar-refractivity contribution in [1.29, 1.82) is 0 Å². The Labute approximate surface area is 221 Å². The monoisotopic (exact) mass is 513 g/mol. The van der Waals surface area contributed by atoms with E-state index in [1.807, 2.05) is 24.3 Å². The minimum absolute atomic E-state index is 0.0455. The highest BCUT2D eigenvalue weighted by Crippen LogP contribution is 2.44.